The van der Waals surface area contributed by atoms with E-state index in [4.69, 9.17) is 4.74 Å². The van der Waals surface area contributed by atoms with Crippen LogP contribution in [-0.2, 0) is 9.53 Å². The average molecular weight is 258 g/mol. The summed E-state index contributed by atoms with van der Waals surface area (Å²) in [7, 11) is 0. The predicted octanol–water partition coefficient (Wildman–Crippen LogP) is 1.11. The number of hydrogen-bond acceptors (Lipinski definition) is 4. The van der Waals surface area contributed by atoms with Gasteiger partial charge in [-0.2, -0.15) is 0 Å². The second-order valence-corrected chi connectivity index (χ2v) is 5.72. The Kier molecular flexibility index (Phi) is 5.61. The minimum absolute atomic E-state index is 0.00995. The first kappa shape index (κ1) is 13.2. The van der Waals surface area contributed by atoms with Crippen molar-refractivity contribution in [1.29, 1.82) is 0 Å². The fourth-order valence-corrected chi connectivity index (χ4v) is 3.22. The normalized spacial score (nSPS) is 25.3. The number of ether oxygens (including phenoxy) is 1. The van der Waals surface area contributed by atoms with Gasteiger partial charge in [-0.15, -0.1) is 11.8 Å². The van der Waals surface area contributed by atoms with Crippen molar-refractivity contribution < 1.29 is 9.53 Å². The van der Waals surface area contributed by atoms with Crippen molar-refractivity contribution in [3.8, 4) is 0 Å². The fourth-order valence-electron chi connectivity index (χ4n) is 2.28. The minimum Gasteiger partial charge on any atom is -0.378 e. The Morgan fingerprint density at radius 3 is 2.94 bits per heavy atom. The number of amides is 1. The van der Waals surface area contributed by atoms with E-state index in [0.717, 1.165) is 31.2 Å². The number of carbonyl (C=O) groups excluding carboxylic acids is 1. The molecule has 0 aromatic heterocycles. The predicted molar refractivity (Wildman–Crippen MR) is 70.1 cm³/mol. The van der Waals surface area contributed by atoms with E-state index in [0.29, 0.717) is 6.10 Å². The molecule has 1 atom stereocenters. The lowest BCUT2D eigenvalue weighted by Crippen LogP contribution is -2.42. The highest BCUT2D eigenvalue weighted by molar-refractivity contribution is 7.99. The highest BCUT2D eigenvalue weighted by Crippen LogP contribution is 2.20. The van der Waals surface area contributed by atoms with Gasteiger partial charge in [0.1, 0.15) is 0 Å². The van der Waals surface area contributed by atoms with Crippen LogP contribution in [0.4, 0.5) is 0 Å². The van der Waals surface area contributed by atoms with Gasteiger partial charge >= 0.3 is 0 Å². The maximum atomic E-state index is 11.6. The summed E-state index contributed by atoms with van der Waals surface area (Å²) in [5.74, 6) is 1.92. The molecule has 2 rings (SSSR count). The number of hydrogen-bond donors (Lipinski definition) is 2. The first-order chi connectivity index (χ1) is 8.36. The molecule has 0 aromatic carbocycles. The first-order valence-electron chi connectivity index (χ1n) is 6.57. The fraction of sp³-hybridized carbons (Fsp3) is 0.917. The second-order valence-electron chi connectivity index (χ2n) is 4.69. The lowest BCUT2D eigenvalue weighted by molar-refractivity contribution is -0.122. The third-order valence-electron chi connectivity index (χ3n) is 3.31. The van der Waals surface area contributed by atoms with Gasteiger partial charge in [-0.05, 0) is 19.3 Å². The highest BCUT2D eigenvalue weighted by Gasteiger charge is 2.21. The zero-order chi connectivity index (χ0) is 11.9. The van der Waals surface area contributed by atoms with Gasteiger partial charge in [0.2, 0.25) is 5.91 Å². The SMILES string of the molecule is O=C(NCCCOC1CCCC1)C1CSCN1. The Morgan fingerprint density at radius 1 is 1.41 bits per heavy atom. The van der Waals surface area contributed by atoms with Gasteiger partial charge in [0.25, 0.3) is 0 Å². The molecule has 5 heteroatoms. The first-order valence-corrected chi connectivity index (χ1v) is 7.72. The summed E-state index contributed by atoms with van der Waals surface area (Å²) in [5, 5.41) is 6.12. The summed E-state index contributed by atoms with van der Waals surface area (Å²) in [6.45, 7) is 1.51. The lowest BCUT2D eigenvalue weighted by atomic mass is 10.3. The molecular weight excluding hydrogens is 236 g/mol. The van der Waals surface area contributed by atoms with Crippen molar-refractivity contribution in [1.82, 2.24) is 10.6 Å². The van der Waals surface area contributed by atoms with Gasteiger partial charge in [0.05, 0.1) is 12.1 Å². The Bertz CT molecular complexity index is 239. The Morgan fingerprint density at radius 2 is 2.24 bits per heavy atom. The third kappa shape index (κ3) is 4.48. The van der Waals surface area contributed by atoms with Crippen LogP contribution in [0.3, 0.4) is 0 Å². The van der Waals surface area contributed by atoms with Crippen LogP contribution in [0.1, 0.15) is 32.1 Å². The van der Waals surface area contributed by atoms with Crippen molar-refractivity contribution in [2.24, 2.45) is 0 Å². The summed E-state index contributed by atoms with van der Waals surface area (Å²) in [6.07, 6.45) is 6.46. The Balaban J connectivity index is 1.46. The van der Waals surface area contributed by atoms with E-state index in [2.05, 4.69) is 10.6 Å². The zero-order valence-corrected chi connectivity index (χ0v) is 11.1. The number of thioether (sulfide) groups is 1. The topological polar surface area (TPSA) is 50.4 Å². The largest absolute Gasteiger partial charge is 0.378 e. The van der Waals surface area contributed by atoms with Crippen LogP contribution in [-0.4, -0.2) is 42.8 Å². The van der Waals surface area contributed by atoms with E-state index in [-0.39, 0.29) is 11.9 Å². The molecule has 1 unspecified atom stereocenters. The molecule has 1 amide bonds. The quantitative estimate of drug-likeness (QED) is 0.701. The van der Waals surface area contributed by atoms with Crippen molar-refractivity contribution in [2.45, 2.75) is 44.2 Å². The summed E-state index contributed by atoms with van der Waals surface area (Å²) < 4.78 is 5.74. The average Bonchev–Trinajstić information content (AvgIpc) is 3.01. The van der Waals surface area contributed by atoms with Crippen LogP contribution in [0, 0.1) is 0 Å². The molecule has 17 heavy (non-hydrogen) atoms. The van der Waals surface area contributed by atoms with Gasteiger partial charge in [-0.3, -0.25) is 10.1 Å². The van der Waals surface area contributed by atoms with Crippen LogP contribution in [0.2, 0.25) is 0 Å². The standard InChI is InChI=1S/C12H22N2O2S/c15-12(11-8-17-9-14-11)13-6-3-7-16-10-4-1-2-5-10/h10-11,14H,1-9H2,(H,13,15). The third-order valence-corrected chi connectivity index (χ3v) is 4.25. The Labute approximate surface area is 107 Å². The van der Waals surface area contributed by atoms with Crippen LogP contribution in [0.15, 0.2) is 0 Å². The van der Waals surface area contributed by atoms with Crippen LogP contribution in [0.25, 0.3) is 0 Å². The smallest absolute Gasteiger partial charge is 0.238 e. The molecule has 4 nitrogen and oxygen atoms in total. The van der Waals surface area contributed by atoms with Crippen LogP contribution in [0.5, 0.6) is 0 Å². The van der Waals surface area contributed by atoms with E-state index in [9.17, 15) is 4.79 Å². The number of nitrogens with one attached hydrogen (secondary N) is 2. The molecule has 0 aromatic rings. The molecule has 98 valence electrons. The maximum absolute atomic E-state index is 11.6. The van der Waals surface area contributed by atoms with Gasteiger partial charge in [-0.1, -0.05) is 12.8 Å². The van der Waals surface area contributed by atoms with Gasteiger partial charge < -0.3 is 10.1 Å². The monoisotopic (exact) mass is 258 g/mol. The van der Waals surface area contributed by atoms with Crippen LogP contribution < -0.4 is 10.6 Å². The zero-order valence-electron chi connectivity index (χ0n) is 10.2. The maximum Gasteiger partial charge on any atom is 0.238 e. The van der Waals surface area contributed by atoms with E-state index in [1.807, 2.05) is 0 Å². The number of rotatable bonds is 6. The molecule has 2 N–H and O–H groups in total. The molecule has 2 aliphatic rings. The molecule has 1 aliphatic heterocycles. The van der Waals surface area contributed by atoms with Crippen molar-refractivity contribution in [2.75, 3.05) is 24.8 Å². The number of carbonyl (C=O) groups is 1. The van der Waals surface area contributed by atoms with E-state index in [1.165, 1.54) is 25.7 Å². The molecule has 0 bridgehead atoms. The van der Waals surface area contributed by atoms with E-state index >= 15 is 0 Å². The molecule has 0 spiro atoms. The van der Waals surface area contributed by atoms with E-state index < -0.39 is 0 Å². The molecule has 1 heterocycles. The molecule has 1 saturated carbocycles. The highest BCUT2D eigenvalue weighted by atomic mass is 32.2. The van der Waals surface area contributed by atoms with Crippen LogP contribution >= 0.6 is 11.8 Å². The molecular formula is C12H22N2O2S. The minimum atomic E-state index is 0.00995. The van der Waals surface area contributed by atoms with Gasteiger partial charge in [-0.25, -0.2) is 0 Å². The van der Waals surface area contributed by atoms with Crippen molar-refractivity contribution in [3.05, 3.63) is 0 Å². The van der Waals surface area contributed by atoms with Crippen molar-refractivity contribution >= 4 is 17.7 Å². The van der Waals surface area contributed by atoms with E-state index in [1.54, 1.807) is 11.8 Å². The summed E-state index contributed by atoms with van der Waals surface area (Å²) in [4.78, 5) is 11.6. The summed E-state index contributed by atoms with van der Waals surface area (Å²) in [5.41, 5.74) is 0. The van der Waals surface area contributed by atoms with Gasteiger partial charge in [0, 0.05) is 24.8 Å². The second kappa shape index (κ2) is 7.24. The lowest BCUT2D eigenvalue weighted by Gasteiger charge is -2.12. The molecule has 1 saturated heterocycles. The van der Waals surface area contributed by atoms with Crippen molar-refractivity contribution in [3.63, 3.8) is 0 Å². The van der Waals surface area contributed by atoms with Gasteiger partial charge in [0.15, 0.2) is 0 Å². The summed E-state index contributed by atoms with van der Waals surface area (Å²) in [6, 6.07) is 0.00995. The summed E-state index contributed by atoms with van der Waals surface area (Å²) >= 11 is 1.77. The molecule has 0 radical (unpaired) electrons. The Hall–Kier alpha value is -0.260. The molecule has 1 aliphatic carbocycles. The molecule has 2 fully saturated rings.